The number of nitrogens with zero attached hydrogens (tertiary/aromatic N) is 2. The molecule has 0 radical (unpaired) electrons. The van der Waals surface area contributed by atoms with Crippen molar-refractivity contribution >= 4 is 17.8 Å². The summed E-state index contributed by atoms with van der Waals surface area (Å²) in [4.78, 5) is 26.4. The number of nitriles is 1. The van der Waals surface area contributed by atoms with Crippen molar-refractivity contribution in [3.63, 3.8) is 0 Å². The molecule has 6 nitrogen and oxygen atoms in total. The molecule has 0 saturated carbocycles. The van der Waals surface area contributed by atoms with Crippen molar-refractivity contribution in [1.29, 1.82) is 5.26 Å². The molecule has 6 heteroatoms. The van der Waals surface area contributed by atoms with Gasteiger partial charge < -0.3 is 14.4 Å². The van der Waals surface area contributed by atoms with Gasteiger partial charge in [-0.1, -0.05) is 12.1 Å². The summed E-state index contributed by atoms with van der Waals surface area (Å²) in [5.41, 5.74) is 0.636. The Morgan fingerprint density at radius 3 is 2.52 bits per heavy atom. The fourth-order valence-electron chi connectivity index (χ4n) is 2.85. The maximum atomic E-state index is 12.4. The molecular formula is C19H22N2O4. The molecule has 1 amide bonds. The molecule has 0 spiro atoms. The molecule has 0 aliphatic carbocycles. The van der Waals surface area contributed by atoms with Crippen LogP contribution in [0.3, 0.4) is 0 Å². The van der Waals surface area contributed by atoms with Gasteiger partial charge in [0.05, 0.1) is 20.3 Å². The topological polar surface area (TPSA) is 79.6 Å². The summed E-state index contributed by atoms with van der Waals surface area (Å²) in [5.74, 6) is -1.20. The lowest BCUT2D eigenvalue weighted by atomic mass is 10.0. The van der Waals surface area contributed by atoms with Gasteiger partial charge in [0.2, 0.25) is 5.91 Å². The predicted molar refractivity (Wildman–Crippen MR) is 93.1 cm³/mol. The fraction of sp³-hybridized carbons (Fsp3) is 0.421. The third-order valence-corrected chi connectivity index (χ3v) is 4.19. The van der Waals surface area contributed by atoms with E-state index >= 15 is 0 Å². The number of allylic oxidation sites excluding steroid dienone is 1. The monoisotopic (exact) mass is 342 g/mol. The summed E-state index contributed by atoms with van der Waals surface area (Å²) in [6, 6.07) is 7.12. The number of likely N-dealkylation sites (tertiary alicyclic amines) is 1. The van der Waals surface area contributed by atoms with Crippen LogP contribution in [0.5, 0.6) is 11.5 Å². The number of benzene rings is 1. The van der Waals surface area contributed by atoms with Crippen LogP contribution >= 0.6 is 0 Å². The van der Waals surface area contributed by atoms with E-state index in [1.54, 1.807) is 23.1 Å². The smallest absolute Gasteiger partial charge is 0.247 e. The average Bonchev–Trinajstić information content (AvgIpc) is 2.66. The molecular weight excluding hydrogens is 320 g/mol. The molecule has 1 aliphatic rings. The molecule has 0 bridgehead atoms. The average molecular weight is 342 g/mol. The van der Waals surface area contributed by atoms with Gasteiger partial charge in [-0.25, -0.2) is 0 Å². The van der Waals surface area contributed by atoms with Gasteiger partial charge in [0.25, 0.3) is 0 Å². The first kappa shape index (κ1) is 18.5. The molecule has 1 aromatic rings. The molecule has 1 atom stereocenters. The van der Waals surface area contributed by atoms with E-state index in [9.17, 15) is 14.9 Å². The van der Waals surface area contributed by atoms with Crippen LogP contribution in [0.1, 0.15) is 24.8 Å². The molecule has 1 fully saturated rings. The minimum Gasteiger partial charge on any atom is -0.493 e. The quantitative estimate of drug-likeness (QED) is 0.586. The highest BCUT2D eigenvalue weighted by Crippen LogP contribution is 2.31. The normalized spacial score (nSPS) is 15.5. The first-order valence-electron chi connectivity index (χ1n) is 8.23. The lowest BCUT2D eigenvalue weighted by Crippen LogP contribution is -2.41. The van der Waals surface area contributed by atoms with Crippen LogP contribution in [0.4, 0.5) is 0 Å². The summed E-state index contributed by atoms with van der Waals surface area (Å²) >= 11 is 0. The maximum Gasteiger partial charge on any atom is 0.247 e. The van der Waals surface area contributed by atoms with Crippen molar-refractivity contribution in [3.8, 4) is 17.6 Å². The second-order valence-corrected chi connectivity index (χ2v) is 5.77. The van der Waals surface area contributed by atoms with E-state index in [0.29, 0.717) is 30.2 Å². The van der Waals surface area contributed by atoms with Crippen LogP contribution in [-0.2, 0) is 9.59 Å². The molecule has 1 aliphatic heterocycles. The van der Waals surface area contributed by atoms with Crippen LogP contribution in [-0.4, -0.2) is 43.9 Å². The Labute approximate surface area is 147 Å². The number of methoxy groups -OCH3 is 2. The van der Waals surface area contributed by atoms with Gasteiger partial charge in [-0.15, -0.1) is 0 Å². The number of ether oxygens (including phenoxy) is 2. The second kappa shape index (κ2) is 8.88. The molecule has 25 heavy (non-hydrogen) atoms. The number of ketones is 1. The van der Waals surface area contributed by atoms with Gasteiger partial charge in [-0.05, 0) is 37.5 Å². The molecule has 1 saturated heterocycles. The minimum absolute atomic E-state index is 0.408. The highest BCUT2D eigenvalue weighted by Gasteiger charge is 2.29. The summed E-state index contributed by atoms with van der Waals surface area (Å²) in [5, 5.41) is 9.28. The van der Waals surface area contributed by atoms with Crippen LogP contribution < -0.4 is 9.47 Å². The van der Waals surface area contributed by atoms with E-state index in [-0.39, 0.29) is 0 Å². The summed E-state index contributed by atoms with van der Waals surface area (Å²) < 4.78 is 10.5. The van der Waals surface area contributed by atoms with Gasteiger partial charge in [0, 0.05) is 18.7 Å². The molecule has 1 aromatic carbocycles. The number of carbonyl (C=O) groups excluding carboxylic acids is 2. The number of piperidine rings is 1. The summed E-state index contributed by atoms with van der Waals surface area (Å²) in [7, 11) is 3.04. The number of para-hydroxylation sites is 1. The zero-order chi connectivity index (χ0) is 18.2. The minimum atomic E-state index is -1.30. The largest absolute Gasteiger partial charge is 0.493 e. The Bertz CT molecular complexity index is 700. The van der Waals surface area contributed by atoms with Crippen molar-refractivity contribution in [3.05, 3.63) is 29.8 Å². The Morgan fingerprint density at radius 1 is 1.20 bits per heavy atom. The molecule has 0 aromatic heterocycles. The first-order chi connectivity index (χ1) is 12.1. The fourth-order valence-corrected chi connectivity index (χ4v) is 2.85. The van der Waals surface area contributed by atoms with Gasteiger partial charge in [-0.2, -0.15) is 5.26 Å². The standard InChI is InChI=1S/C19H22N2O4/c1-24-17-8-6-7-14(18(17)25-2)9-10-16(22)15(13-20)19(23)21-11-4-3-5-12-21/h6-10,15H,3-5,11-12H2,1-2H3/b10-9-/t15-/m1/s1. The lowest BCUT2D eigenvalue weighted by Gasteiger charge is -2.27. The van der Waals surface area contributed by atoms with E-state index < -0.39 is 17.6 Å². The van der Waals surface area contributed by atoms with E-state index in [1.165, 1.54) is 26.4 Å². The van der Waals surface area contributed by atoms with E-state index in [2.05, 4.69) is 0 Å². The van der Waals surface area contributed by atoms with E-state index in [1.807, 2.05) is 6.07 Å². The number of carbonyl (C=O) groups is 2. The SMILES string of the molecule is COc1cccc(/C=C\C(=O)[C@@H](C#N)C(=O)N2CCCCC2)c1OC. The third kappa shape index (κ3) is 4.38. The van der Waals surface area contributed by atoms with E-state index in [0.717, 1.165) is 19.3 Å². The highest BCUT2D eigenvalue weighted by atomic mass is 16.5. The highest BCUT2D eigenvalue weighted by molar-refractivity contribution is 6.10. The van der Waals surface area contributed by atoms with Crippen molar-refractivity contribution in [2.45, 2.75) is 19.3 Å². The number of hydrogen-bond acceptors (Lipinski definition) is 5. The Balaban J connectivity index is 2.15. The molecule has 0 unspecified atom stereocenters. The van der Waals surface area contributed by atoms with Crippen molar-refractivity contribution in [2.24, 2.45) is 5.92 Å². The summed E-state index contributed by atoms with van der Waals surface area (Å²) in [6.07, 6.45) is 5.69. The molecule has 132 valence electrons. The molecule has 2 rings (SSSR count). The van der Waals surface area contributed by atoms with Crippen LogP contribution in [0.2, 0.25) is 0 Å². The van der Waals surface area contributed by atoms with Gasteiger partial charge >= 0.3 is 0 Å². The number of amides is 1. The Morgan fingerprint density at radius 2 is 1.92 bits per heavy atom. The van der Waals surface area contributed by atoms with Crippen LogP contribution in [0.25, 0.3) is 6.08 Å². The second-order valence-electron chi connectivity index (χ2n) is 5.77. The zero-order valence-corrected chi connectivity index (χ0v) is 14.5. The van der Waals surface area contributed by atoms with Crippen molar-refractivity contribution < 1.29 is 19.1 Å². The molecule has 0 N–H and O–H groups in total. The third-order valence-electron chi connectivity index (χ3n) is 4.19. The van der Waals surface area contributed by atoms with Gasteiger partial charge in [0.1, 0.15) is 0 Å². The van der Waals surface area contributed by atoms with Crippen LogP contribution in [0, 0.1) is 17.2 Å². The zero-order valence-electron chi connectivity index (χ0n) is 14.5. The molecule has 1 heterocycles. The van der Waals surface area contributed by atoms with Gasteiger partial charge in [-0.3, -0.25) is 9.59 Å². The van der Waals surface area contributed by atoms with Crippen LogP contribution in [0.15, 0.2) is 24.3 Å². The summed E-state index contributed by atoms with van der Waals surface area (Å²) in [6.45, 7) is 1.22. The predicted octanol–water partition coefficient (Wildman–Crippen LogP) is 2.44. The van der Waals surface area contributed by atoms with Crippen molar-refractivity contribution in [1.82, 2.24) is 4.90 Å². The van der Waals surface area contributed by atoms with Crippen molar-refractivity contribution in [2.75, 3.05) is 27.3 Å². The lowest BCUT2D eigenvalue weighted by molar-refractivity contribution is -0.138. The van der Waals surface area contributed by atoms with E-state index in [4.69, 9.17) is 9.47 Å². The number of hydrogen-bond donors (Lipinski definition) is 0. The van der Waals surface area contributed by atoms with Gasteiger partial charge in [0.15, 0.2) is 23.2 Å². The Hall–Kier alpha value is -2.81. The Kier molecular flexibility index (Phi) is 6.58. The number of rotatable bonds is 6. The first-order valence-corrected chi connectivity index (χ1v) is 8.23. The maximum absolute atomic E-state index is 12.4.